The Kier molecular flexibility index (Phi) is 6.00. The van der Waals surface area contributed by atoms with Gasteiger partial charge < -0.3 is 14.8 Å². The van der Waals surface area contributed by atoms with Gasteiger partial charge in [0.25, 0.3) is 5.91 Å². The molecule has 0 aliphatic rings. The molecule has 0 atom stereocenters. The largest absolute Gasteiger partial charge is 0.497 e. The molecule has 0 aromatic heterocycles. The number of carbonyl (C=O) groups excluding carboxylic acids is 2. The molecule has 0 heterocycles. The van der Waals surface area contributed by atoms with Crippen LogP contribution in [0.15, 0.2) is 36.4 Å². The van der Waals surface area contributed by atoms with Crippen LogP contribution in [0.1, 0.15) is 10.4 Å². The van der Waals surface area contributed by atoms with Crippen LogP contribution in [0.3, 0.4) is 0 Å². The summed E-state index contributed by atoms with van der Waals surface area (Å²) in [5.41, 5.74) is 0.0965. The van der Waals surface area contributed by atoms with Crippen LogP contribution >= 0.6 is 23.2 Å². The summed E-state index contributed by atoms with van der Waals surface area (Å²) in [6, 6.07) is 8.18. The number of methoxy groups -OCH3 is 1. The molecule has 2 rings (SSSR count). The molecule has 8 heteroatoms. The first-order chi connectivity index (χ1) is 11.4. The second kappa shape index (κ2) is 7.99. The van der Waals surface area contributed by atoms with E-state index in [1.165, 1.54) is 37.4 Å². The molecule has 24 heavy (non-hydrogen) atoms. The van der Waals surface area contributed by atoms with Gasteiger partial charge in [0, 0.05) is 11.8 Å². The molecule has 0 bridgehead atoms. The van der Waals surface area contributed by atoms with Crippen molar-refractivity contribution in [3.63, 3.8) is 0 Å². The molecule has 5 nitrogen and oxygen atoms in total. The number of benzene rings is 2. The van der Waals surface area contributed by atoms with E-state index < -0.39 is 24.3 Å². The van der Waals surface area contributed by atoms with E-state index in [4.69, 9.17) is 32.7 Å². The highest BCUT2D eigenvalue weighted by Gasteiger charge is 2.16. The predicted octanol–water partition coefficient (Wildman–Crippen LogP) is 3.94. The van der Waals surface area contributed by atoms with E-state index in [1.807, 2.05) is 0 Å². The van der Waals surface area contributed by atoms with Crippen LogP contribution in [-0.2, 0) is 9.53 Å². The normalized spacial score (nSPS) is 10.2. The molecule has 0 aliphatic heterocycles. The second-order valence-corrected chi connectivity index (χ2v) is 5.41. The molecule has 0 aliphatic carbocycles. The molecule has 0 saturated heterocycles. The number of halogens is 3. The number of rotatable bonds is 5. The Morgan fingerprint density at radius 3 is 2.50 bits per heavy atom. The van der Waals surface area contributed by atoms with Crippen LogP contribution in [0.2, 0.25) is 10.0 Å². The molecule has 0 radical (unpaired) electrons. The highest BCUT2D eigenvalue weighted by atomic mass is 35.5. The lowest BCUT2D eigenvalue weighted by Crippen LogP contribution is -2.21. The first-order valence-corrected chi connectivity index (χ1v) is 7.42. The fourth-order valence-corrected chi connectivity index (χ4v) is 2.07. The summed E-state index contributed by atoms with van der Waals surface area (Å²) in [5.74, 6) is -2.10. The molecule has 2 aromatic carbocycles. The SMILES string of the molecule is COc1ccc(C(=O)OCC(=O)Nc2ccc(Cl)c(Cl)c2)c(F)c1. The topological polar surface area (TPSA) is 64.6 Å². The van der Waals surface area contributed by atoms with E-state index in [0.29, 0.717) is 10.7 Å². The second-order valence-electron chi connectivity index (χ2n) is 4.60. The summed E-state index contributed by atoms with van der Waals surface area (Å²) >= 11 is 11.6. The van der Waals surface area contributed by atoms with Gasteiger partial charge in [-0.15, -0.1) is 0 Å². The molecule has 2 aromatic rings. The Morgan fingerprint density at radius 1 is 1.12 bits per heavy atom. The van der Waals surface area contributed by atoms with Crippen LogP contribution in [0.5, 0.6) is 5.75 Å². The smallest absolute Gasteiger partial charge is 0.341 e. The van der Waals surface area contributed by atoms with Crippen molar-refractivity contribution in [3.05, 3.63) is 57.8 Å². The zero-order chi connectivity index (χ0) is 17.7. The number of anilines is 1. The maximum absolute atomic E-state index is 13.7. The third-order valence-corrected chi connectivity index (χ3v) is 3.67. The lowest BCUT2D eigenvalue weighted by molar-refractivity contribution is -0.119. The van der Waals surface area contributed by atoms with Gasteiger partial charge in [0.1, 0.15) is 11.6 Å². The van der Waals surface area contributed by atoms with Gasteiger partial charge in [0.2, 0.25) is 0 Å². The number of ether oxygens (including phenoxy) is 2. The van der Waals surface area contributed by atoms with Crippen LogP contribution in [0.25, 0.3) is 0 Å². The average Bonchev–Trinajstić information content (AvgIpc) is 2.56. The van der Waals surface area contributed by atoms with Gasteiger partial charge in [0.05, 0.1) is 22.7 Å². The minimum Gasteiger partial charge on any atom is -0.497 e. The van der Waals surface area contributed by atoms with Crippen molar-refractivity contribution in [1.82, 2.24) is 0 Å². The number of nitrogens with one attached hydrogen (secondary N) is 1. The molecule has 0 fully saturated rings. The minimum atomic E-state index is -0.959. The molecule has 126 valence electrons. The van der Waals surface area contributed by atoms with Crippen LogP contribution < -0.4 is 10.1 Å². The highest BCUT2D eigenvalue weighted by molar-refractivity contribution is 6.42. The molecule has 0 unspecified atom stereocenters. The summed E-state index contributed by atoms with van der Waals surface area (Å²) in [4.78, 5) is 23.6. The van der Waals surface area contributed by atoms with E-state index in [0.717, 1.165) is 6.07 Å². The first-order valence-electron chi connectivity index (χ1n) is 6.66. The predicted molar refractivity (Wildman–Crippen MR) is 88.3 cm³/mol. The monoisotopic (exact) mass is 371 g/mol. The lowest BCUT2D eigenvalue weighted by Gasteiger charge is -2.08. The Morgan fingerprint density at radius 2 is 1.88 bits per heavy atom. The van der Waals surface area contributed by atoms with Crippen molar-refractivity contribution >= 4 is 40.8 Å². The van der Waals surface area contributed by atoms with Gasteiger partial charge in [0.15, 0.2) is 6.61 Å². The molecule has 1 N–H and O–H groups in total. The molecular formula is C16H12Cl2FNO4. The Balaban J connectivity index is 1.93. The molecule has 0 spiro atoms. The van der Waals surface area contributed by atoms with Crippen molar-refractivity contribution < 1.29 is 23.5 Å². The van der Waals surface area contributed by atoms with Crippen molar-refractivity contribution in [2.75, 3.05) is 19.0 Å². The summed E-state index contributed by atoms with van der Waals surface area (Å²) < 4.78 is 23.3. The van der Waals surface area contributed by atoms with Crippen molar-refractivity contribution in [3.8, 4) is 5.75 Å². The highest BCUT2D eigenvalue weighted by Crippen LogP contribution is 2.25. The van der Waals surface area contributed by atoms with E-state index in [9.17, 15) is 14.0 Å². The van der Waals surface area contributed by atoms with Gasteiger partial charge in [-0.1, -0.05) is 23.2 Å². The number of esters is 1. The van der Waals surface area contributed by atoms with Gasteiger partial charge in [-0.2, -0.15) is 0 Å². The fraction of sp³-hybridized carbons (Fsp3) is 0.125. The van der Waals surface area contributed by atoms with Gasteiger partial charge in [-0.05, 0) is 30.3 Å². The van der Waals surface area contributed by atoms with E-state index in [2.05, 4.69) is 5.32 Å². The van der Waals surface area contributed by atoms with Crippen molar-refractivity contribution in [1.29, 1.82) is 0 Å². The van der Waals surface area contributed by atoms with E-state index in [-0.39, 0.29) is 16.3 Å². The zero-order valence-electron chi connectivity index (χ0n) is 12.4. The average molecular weight is 372 g/mol. The Labute approximate surface area is 147 Å². The third kappa shape index (κ3) is 4.59. The molecule has 0 saturated carbocycles. The number of carbonyl (C=O) groups is 2. The third-order valence-electron chi connectivity index (χ3n) is 2.93. The van der Waals surface area contributed by atoms with Crippen LogP contribution in [0, 0.1) is 5.82 Å². The van der Waals surface area contributed by atoms with Gasteiger partial charge in [-0.3, -0.25) is 4.79 Å². The number of hydrogen-bond donors (Lipinski definition) is 1. The number of hydrogen-bond acceptors (Lipinski definition) is 4. The maximum Gasteiger partial charge on any atom is 0.341 e. The standard InChI is InChI=1S/C16H12Cl2FNO4/c1-23-10-3-4-11(14(19)7-10)16(22)24-8-15(21)20-9-2-5-12(17)13(18)6-9/h2-7H,8H2,1H3,(H,20,21). The molecule has 1 amide bonds. The van der Waals surface area contributed by atoms with Crippen molar-refractivity contribution in [2.45, 2.75) is 0 Å². The number of amides is 1. The van der Waals surface area contributed by atoms with Gasteiger partial charge >= 0.3 is 5.97 Å². The summed E-state index contributed by atoms with van der Waals surface area (Å²) in [6.07, 6.45) is 0. The first kappa shape index (κ1) is 18.0. The van der Waals surface area contributed by atoms with Gasteiger partial charge in [-0.25, -0.2) is 9.18 Å². The van der Waals surface area contributed by atoms with Crippen molar-refractivity contribution in [2.24, 2.45) is 0 Å². The Bertz CT molecular complexity index is 783. The van der Waals surface area contributed by atoms with E-state index in [1.54, 1.807) is 0 Å². The van der Waals surface area contributed by atoms with E-state index >= 15 is 0 Å². The summed E-state index contributed by atoms with van der Waals surface area (Å²) in [6.45, 7) is -0.579. The Hall–Kier alpha value is -2.31. The molecular weight excluding hydrogens is 360 g/mol. The fourth-order valence-electron chi connectivity index (χ4n) is 1.77. The maximum atomic E-state index is 13.7. The lowest BCUT2D eigenvalue weighted by atomic mass is 10.2. The summed E-state index contributed by atoms with van der Waals surface area (Å²) in [5, 5.41) is 3.09. The minimum absolute atomic E-state index is 0.265. The zero-order valence-corrected chi connectivity index (χ0v) is 13.9. The summed E-state index contributed by atoms with van der Waals surface area (Å²) in [7, 11) is 1.38. The van der Waals surface area contributed by atoms with Crippen LogP contribution in [0.4, 0.5) is 10.1 Å². The van der Waals surface area contributed by atoms with Crippen LogP contribution in [-0.4, -0.2) is 25.6 Å². The quantitative estimate of drug-likeness (QED) is 0.808.